The zero-order valence-electron chi connectivity index (χ0n) is 8.36. The van der Waals surface area contributed by atoms with Crippen LogP contribution in [0.25, 0.3) is 0 Å². The maximum Gasteiger partial charge on any atom is 0.280 e. The average Bonchev–Trinajstić information content (AvgIpc) is 2.59. The highest BCUT2D eigenvalue weighted by atomic mass is 16.6. The Morgan fingerprint density at radius 1 is 1.50 bits per heavy atom. The van der Waals surface area contributed by atoms with E-state index < -0.39 is 0 Å². The molecule has 0 fully saturated rings. The van der Waals surface area contributed by atoms with Gasteiger partial charge in [-0.15, -0.1) is 0 Å². The van der Waals surface area contributed by atoms with Crippen LogP contribution in [0.4, 0.5) is 5.82 Å². The second kappa shape index (κ2) is 4.59. The first-order valence-corrected chi connectivity index (χ1v) is 4.58. The predicted octanol–water partition coefficient (Wildman–Crippen LogP) is 0.524. The highest BCUT2D eigenvalue weighted by Gasteiger charge is 2.20. The molecule has 6 nitrogen and oxygen atoms in total. The number of carbonyl (C=O) groups is 1. The summed E-state index contributed by atoms with van der Waals surface area (Å²) in [5, 5.41) is 6.82. The molecule has 0 saturated carbocycles. The molecule has 1 aromatic heterocycles. The number of hydrogen-bond acceptors (Lipinski definition) is 5. The van der Waals surface area contributed by atoms with Crippen LogP contribution in [-0.2, 0) is 0 Å². The van der Waals surface area contributed by atoms with Crippen molar-refractivity contribution in [1.82, 2.24) is 15.2 Å². The Morgan fingerprint density at radius 3 is 2.64 bits per heavy atom. The number of anilines is 1. The van der Waals surface area contributed by atoms with E-state index in [1.165, 1.54) is 0 Å². The van der Waals surface area contributed by atoms with Crippen molar-refractivity contribution in [1.29, 1.82) is 0 Å². The molecular formula is C8H14N4O2. The third kappa shape index (κ3) is 2.01. The monoisotopic (exact) mass is 198 g/mol. The summed E-state index contributed by atoms with van der Waals surface area (Å²) in [7, 11) is 0. The fraction of sp³-hybridized carbons (Fsp3) is 0.625. The highest BCUT2D eigenvalue weighted by Crippen LogP contribution is 2.08. The number of carbonyl (C=O) groups excluding carboxylic acids is 1. The molecule has 1 rings (SSSR count). The van der Waals surface area contributed by atoms with Gasteiger partial charge >= 0.3 is 0 Å². The molecule has 0 aromatic carbocycles. The Hall–Kier alpha value is -1.59. The highest BCUT2D eigenvalue weighted by molar-refractivity contribution is 5.95. The van der Waals surface area contributed by atoms with Crippen molar-refractivity contribution in [2.75, 3.05) is 18.8 Å². The molecule has 2 N–H and O–H groups in total. The topological polar surface area (TPSA) is 85.2 Å². The van der Waals surface area contributed by atoms with Crippen molar-refractivity contribution in [3.05, 3.63) is 5.69 Å². The van der Waals surface area contributed by atoms with Crippen LogP contribution in [0.15, 0.2) is 4.63 Å². The largest absolute Gasteiger partial charge is 0.379 e. The van der Waals surface area contributed by atoms with Gasteiger partial charge < -0.3 is 10.6 Å². The third-order valence-electron chi connectivity index (χ3n) is 1.88. The maximum atomic E-state index is 11.7. The Balaban J connectivity index is 2.78. The van der Waals surface area contributed by atoms with Crippen LogP contribution in [-0.4, -0.2) is 34.2 Å². The summed E-state index contributed by atoms with van der Waals surface area (Å²) < 4.78 is 4.37. The van der Waals surface area contributed by atoms with Crippen molar-refractivity contribution in [3.63, 3.8) is 0 Å². The summed E-state index contributed by atoms with van der Waals surface area (Å²) in [6.45, 7) is 5.21. The fourth-order valence-electron chi connectivity index (χ4n) is 1.17. The van der Waals surface area contributed by atoms with Crippen LogP contribution in [0, 0.1) is 0 Å². The van der Waals surface area contributed by atoms with Crippen LogP contribution < -0.4 is 5.73 Å². The third-order valence-corrected chi connectivity index (χ3v) is 1.88. The summed E-state index contributed by atoms with van der Waals surface area (Å²) >= 11 is 0. The molecule has 0 unspecified atom stereocenters. The molecule has 0 radical (unpaired) electrons. The Kier molecular flexibility index (Phi) is 3.44. The van der Waals surface area contributed by atoms with Gasteiger partial charge in [-0.25, -0.2) is 4.63 Å². The first-order chi connectivity index (χ1) is 6.70. The lowest BCUT2D eigenvalue weighted by Gasteiger charge is -2.18. The minimum absolute atomic E-state index is 0.0459. The molecule has 0 aliphatic rings. The number of rotatable bonds is 4. The van der Waals surface area contributed by atoms with Gasteiger partial charge in [-0.05, 0) is 23.7 Å². The maximum absolute atomic E-state index is 11.7. The van der Waals surface area contributed by atoms with Crippen LogP contribution in [0.3, 0.4) is 0 Å². The molecule has 1 aromatic rings. The zero-order valence-corrected chi connectivity index (χ0v) is 8.36. The molecule has 1 amide bonds. The summed E-state index contributed by atoms with van der Waals surface area (Å²) in [4.78, 5) is 13.4. The van der Waals surface area contributed by atoms with E-state index in [9.17, 15) is 4.79 Å². The number of hydrogen-bond donors (Lipinski definition) is 1. The standard InChI is InChI=1S/C8H14N4O2/c1-3-5-12(4-2)8(13)6-7(9)11-14-10-6/h3-5H2,1-2H3,(H2,9,11). The van der Waals surface area contributed by atoms with Crippen molar-refractivity contribution < 1.29 is 9.42 Å². The minimum Gasteiger partial charge on any atom is -0.379 e. The Bertz CT molecular complexity index is 310. The van der Waals surface area contributed by atoms with Crippen LogP contribution in [0.1, 0.15) is 30.8 Å². The van der Waals surface area contributed by atoms with Crippen LogP contribution >= 0.6 is 0 Å². The van der Waals surface area contributed by atoms with E-state index in [0.717, 1.165) is 6.42 Å². The van der Waals surface area contributed by atoms with E-state index in [0.29, 0.717) is 13.1 Å². The van der Waals surface area contributed by atoms with Crippen molar-refractivity contribution in [3.8, 4) is 0 Å². The molecule has 0 saturated heterocycles. The second-order valence-electron chi connectivity index (χ2n) is 2.88. The Labute approximate surface area is 82.0 Å². The normalized spacial score (nSPS) is 10.1. The van der Waals surface area contributed by atoms with Crippen LogP contribution in [0.2, 0.25) is 0 Å². The molecule has 6 heteroatoms. The Morgan fingerprint density at radius 2 is 2.21 bits per heavy atom. The summed E-state index contributed by atoms with van der Waals surface area (Å²) in [6, 6.07) is 0. The van der Waals surface area contributed by atoms with E-state index >= 15 is 0 Å². The number of nitrogens with two attached hydrogens (primary N) is 1. The molecule has 1 heterocycles. The summed E-state index contributed by atoms with van der Waals surface area (Å²) in [5.41, 5.74) is 5.51. The fourth-order valence-corrected chi connectivity index (χ4v) is 1.17. The molecule has 0 bridgehead atoms. The number of aromatic nitrogens is 2. The first-order valence-electron chi connectivity index (χ1n) is 4.58. The lowest BCUT2D eigenvalue weighted by molar-refractivity contribution is 0.0754. The van der Waals surface area contributed by atoms with Crippen molar-refractivity contribution >= 4 is 11.7 Å². The summed E-state index contributed by atoms with van der Waals surface area (Å²) in [5.74, 6) is -0.183. The molecule has 0 aliphatic carbocycles. The van der Waals surface area contributed by atoms with Gasteiger partial charge in [0, 0.05) is 13.1 Å². The molecule has 0 aliphatic heterocycles. The number of nitrogen functional groups attached to an aromatic ring is 1. The molecule has 0 atom stereocenters. The first kappa shape index (κ1) is 10.5. The van der Waals surface area contributed by atoms with Gasteiger partial charge in [0.2, 0.25) is 11.5 Å². The second-order valence-corrected chi connectivity index (χ2v) is 2.88. The molecule has 14 heavy (non-hydrogen) atoms. The smallest absolute Gasteiger partial charge is 0.280 e. The number of nitrogens with zero attached hydrogens (tertiary/aromatic N) is 3. The zero-order chi connectivity index (χ0) is 10.6. The molecule has 0 spiro atoms. The van der Waals surface area contributed by atoms with E-state index in [1.54, 1.807) is 4.90 Å². The van der Waals surface area contributed by atoms with Gasteiger partial charge in [-0.1, -0.05) is 6.92 Å². The summed E-state index contributed by atoms with van der Waals surface area (Å²) in [6.07, 6.45) is 0.894. The molecule has 78 valence electrons. The van der Waals surface area contributed by atoms with E-state index in [-0.39, 0.29) is 17.4 Å². The van der Waals surface area contributed by atoms with Gasteiger partial charge in [0.15, 0.2) is 0 Å². The van der Waals surface area contributed by atoms with Gasteiger partial charge in [0.25, 0.3) is 5.91 Å². The average molecular weight is 198 g/mol. The van der Waals surface area contributed by atoms with Crippen molar-refractivity contribution in [2.24, 2.45) is 0 Å². The lowest BCUT2D eigenvalue weighted by atomic mass is 10.3. The SMILES string of the molecule is CCCN(CC)C(=O)c1nonc1N. The van der Waals surface area contributed by atoms with E-state index in [1.807, 2.05) is 13.8 Å². The van der Waals surface area contributed by atoms with Crippen molar-refractivity contribution in [2.45, 2.75) is 20.3 Å². The van der Waals surface area contributed by atoms with Gasteiger partial charge in [-0.2, -0.15) is 0 Å². The minimum atomic E-state index is -0.229. The number of amides is 1. The lowest BCUT2D eigenvalue weighted by Crippen LogP contribution is -2.32. The molecular weight excluding hydrogens is 184 g/mol. The van der Waals surface area contributed by atoms with E-state index in [2.05, 4.69) is 14.9 Å². The predicted molar refractivity (Wildman–Crippen MR) is 50.6 cm³/mol. The van der Waals surface area contributed by atoms with E-state index in [4.69, 9.17) is 5.73 Å². The van der Waals surface area contributed by atoms with Gasteiger partial charge in [-0.3, -0.25) is 4.79 Å². The van der Waals surface area contributed by atoms with Gasteiger partial charge in [0.05, 0.1) is 0 Å². The quantitative estimate of drug-likeness (QED) is 0.762. The van der Waals surface area contributed by atoms with Gasteiger partial charge in [0.1, 0.15) is 0 Å². The van der Waals surface area contributed by atoms with Crippen LogP contribution in [0.5, 0.6) is 0 Å².